The maximum Gasteiger partial charge on any atom is 0.416 e. The highest BCUT2D eigenvalue weighted by molar-refractivity contribution is 5.27. The van der Waals surface area contributed by atoms with Crippen LogP contribution in [0.5, 0.6) is 0 Å². The Kier molecular flexibility index (Phi) is 4.59. The summed E-state index contributed by atoms with van der Waals surface area (Å²) >= 11 is 0. The number of benzene rings is 1. The minimum atomic E-state index is -4.42. The lowest BCUT2D eigenvalue weighted by Gasteiger charge is -2.14. The van der Waals surface area contributed by atoms with Gasteiger partial charge in [-0.1, -0.05) is 12.1 Å². The van der Waals surface area contributed by atoms with Crippen molar-refractivity contribution in [2.45, 2.75) is 18.8 Å². The third kappa shape index (κ3) is 4.27. The molecule has 2 N–H and O–H groups in total. The van der Waals surface area contributed by atoms with Gasteiger partial charge in [0.25, 0.3) is 0 Å². The van der Waals surface area contributed by atoms with Crippen molar-refractivity contribution >= 4 is 0 Å². The second kappa shape index (κ2) is 6.23. The third-order valence-corrected chi connectivity index (χ3v) is 2.87. The van der Waals surface area contributed by atoms with Crippen molar-refractivity contribution in [3.05, 3.63) is 47.5 Å². The first-order valence-electron chi connectivity index (χ1n) is 6.26. The fourth-order valence-electron chi connectivity index (χ4n) is 1.83. The van der Waals surface area contributed by atoms with Crippen LogP contribution in [0.25, 0.3) is 0 Å². The number of halogens is 3. The van der Waals surface area contributed by atoms with Crippen LogP contribution >= 0.6 is 0 Å². The van der Waals surface area contributed by atoms with E-state index in [-0.39, 0.29) is 12.1 Å². The van der Waals surface area contributed by atoms with Crippen molar-refractivity contribution in [3.63, 3.8) is 0 Å². The number of rotatable bonds is 5. The number of aryl methyl sites for hydroxylation is 1. The van der Waals surface area contributed by atoms with Crippen molar-refractivity contribution in [3.8, 4) is 0 Å². The number of nitrogens with one attached hydrogen (secondary N) is 1. The van der Waals surface area contributed by atoms with Crippen LogP contribution in [0, 0.1) is 0 Å². The van der Waals surface area contributed by atoms with Gasteiger partial charge < -0.3 is 10.4 Å². The number of aliphatic hydroxyl groups is 1. The first kappa shape index (κ1) is 15.5. The fraction of sp³-hybridized carbons (Fsp3) is 0.385. The predicted molar refractivity (Wildman–Crippen MR) is 69.1 cm³/mol. The first-order valence-corrected chi connectivity index (χ1v) is 6.26. The van der Waals surface area contributed by atoms with Crippen molar-refractivity contribution in [1.29, 1.82) is 0 Å². The number of hydrogen-bond donors (Lipinski definition) is 2. The molecular weight excluding hydrogens is 285 g/mol. The summed E-state index contributed by atoms with van der Waals surface area (Å²) in [6, 6.07) is 4.66. The second-order valence-electron chi connectivity index (χ2n) is 4.60. The molecule has 0 bridgehead atoms. The molecule has 0 fully saturated rings. The van der Waals surface area contributed by atoms with Gasteiger partial charge in [-0.05, 0) is 17.7 Å². The molecule has 0 saturated heterocycles. The molecule has 1 atom stereocenters. The van der Waals surface area contributed by atoms with Crippen LogP contribution in [0.15, 0.2) is 30.6 Å². The molecular formula is C13H15F3N4O. The Morgan fingerprint density at radius 1 is 1.38 bits per heavy atom. The predicted octanol–water partition coefficient (Wildman–Crippen LogP) is 1.66. The van der Waals surface area contributed by atoms with Gasteiger partial charge in [-0.15, -0.1) is 0 Å². The van der Waals surface area contributed by atoms with Crippen LogP contribution in [-0.2, 0) is 19.8 Å². The lowest BCUT2D eigenvalue weighted by Crippen LogP contribution is -2.22. The molecule has 0 aliphatic rings. The quantitative estimate of drug-likeness (QED) is 0.881. The van der Waals surface area contributed by atoms with Crippen LogP contribution in [0.4, 0.5) is 13.2 Å². The third-order valence-electron chi connectivity index (χ3n) is 2.87. The Morgan fingerprint density at radius 3 is 2.76 bits per heavy atom. The van der Waals surface area contributed by atoms with Gasteiger partial charge in [-0.3, -0.25) is 4.68 Å². The molecule has 2 rings (SSSR count). The van der Waals surface area contributed by atoms with E-state index in [4.69, 9.17) is 0 Å². The monoisotopic (exact) mass is 300 g/mol. The van der Waals surface area contributed by atoms with E-state index >= 15 is 0 Å². The zero-order chi connectivity index (χ0) is 15.5. The highest BCUT2D eigenvalue weighted by Gasteiger charge is 2.30. The largest absolute Gasteiger partial charge is 0.416 e. The lowest BCUT2D eigenvalue weighted by atomic mass is 10.1. The van der Waals surface area contributed by atoms with Crippen LogP contribution in [0.1, 0.15) is 23.1 Å². The summed E-state index contributed by atoms with van der Waals surface area (Å²) in [6.07, 6.45) is -3.91. The molecule has 0 spiro atoms. The summed E-state index contributed by atoms with van der Waals surface area (Å²) in [6.45, 7) is 0.441. The van der Waals surface area contributed by atoms with E-state index in [2.05, 4.69) is 15.4 Å². The Balaban J connectivity index is 1.92. The first-order chi connectivity index (χ1) is 9.86. The van der Waals surface area contributed by atoms with E-state index in [0.717, 1.165) is 12.1 Å². The van der Waals surface area contributed by atoms with Crippen molar-refractivity contribution in [2.24, 2.45) is 7.05 Å². The van der Waals surface area contributed by atoms with Gasteiger partial charge in [0.2, 0.25) is 0 Å². The summed E-state index contributed by atoms with van der Waals surface area (Å²) in [4.78, 5) is 3.99. The lowest BCUT2D eigenvalue weighted by molar-refractivity contribution is -0.137. The molecule has 0 aliphatic heterocycles. The van der Waals surface area contributed by atoms with Gasteiger partial charge in [0.15, 0.2) is 5.82 Å². The average Bonchev–Trinajstić information content (AvgIpc) is 2.83. The molecule has 1 aromatic heterocycles. The summed E-state index contributed by atoms with van der Waals surface area (Å²) < 4.78 is 39.3. The fourth-order valence-corrected chi connectivity index (χ4v) is 1.83. The highest BCUT2D eigenvalue weighted by atomic mass is 19.4. The molecule has 21 heavy (non-hydrogen) atoms. The Bertz CT molecular complexity index is 597. The molecule has 1 unspecified atom stereocenters. The molecule has 5 nitrogen and oxygen atoms in total. The van der Waals surface area contributed by atoms with Crippen LogP contribution in [-0.4, -0.2) is 26.4 Å². The van der Waals surface area contributed by atoms with Crippen LogP contribution in [0.3, 0.4) is 0 Å². The molecule has 114 valence electrons. The van der Waals surface area contributed by atoms with Crippen molar-refractivity contribution in [2.75, 3.05) is 6.54 Å². The summed E-state index contributed by atoms with van der Waals surface area (Å²) in [7, 11) is 1.73. The summed E-state index contributed by atoms with van der Waals surface area (Å²) in [5, 5.41) is 16.9. The molecule has 2 aromatic rings. The van der Waals surface area contributed by atoms with E-state index < -0.39 is 17.8 Å². The van der Waals surface area contributed by atoms with Crippen molar-refractivity contribution in [1.82, 2.24) is 20.1 Å². The van der Waals surface area contributed by atoms with Gasteiger partial charge >= 0.3 is 6.18 Å². The number of aliphatic hydroxyl groups excluding tert-OH is 1. The van der Waals surface area contributed by atoms with Gasteiger partial charge in [0.1, 0.15) is 6.33 Å². The van der Waals surface area contributed by atoms with Gasteiger partial charge in [-0.2, -0.15) is 18.3 Å². The van der Waals surface area contributed by atoms with E-state index in [1.54, 1.807) is 18.1 Å². The van der Waals surface area contributed by atoms with E-state index in [1.807, 2.05) is 0 Å². The molecule has 0 saturated carbocycles. The molecule has 0 amide bonds. The van der Waals surface area contributed by atoms with Gasteiger partial charge in [0, 0.05) is 13.6 Å². The Morgan fingerprint density at radius 2 is 2.14 bits per heavy atom. The highest BCUT2D eigenvalue weighted by Crippen LogP contribution is 2.30. The molecule has 0 aliphatic carbocycles. The Labute approximate surface area is 119 Å². The zero-order valence-corrected chi connectivity index (χ0v) is 11.3. The maximum absolute atomic E-state index is 12.6. The topological polar surface area (TPSA) is 63.0 Å². The second-order valence-corrected chi connectivity index (χ2v) is 4.60. The number of nitrogens with zero attached hydrogens (tertiary/aromatic N) is 3. The number of alkyl halides is 3. The standard InChI is InChI=1S/C13H15F3N4O/c1-20-8-18-12(19-20)7-17-6-11(21)9-3-2-4-10(5-9)13(14,15)16/h2-5,8,11,17,21H,6-7H2,1H3. The average molecular weight is 300 g/mol. The van der Waals surface area contributed by atoms with E-state index in [0.29, 0.717) is 12.4 Å². The SMILES string of the molecule is Cn1cnc(CNCC(O)c2cccc(C(F)(F)F)c2)n1. The minimum Gasteiger partial charge on any atom is -0.387 e. The molecule has 0 radical (unpaired) electrons. The molecule has 1 aromatic carbocycles. The summed E-state index contributed by atoms with van der Waals surface area (Å²) in [5.41, 5.74) is -0.559. The van der Waals surface area contributed by atoms with Gasteiger partial charge in [0.05, 0.1) is 18.2 Å². The van der Waals surface area contributed by atoms with Crippen molar-refractivity contribution < 1.29 is 18.3 Å². The van der Waals surface area contributed by atoms with Crippen LogP contribution < -0.4 is 5.32 Å². The molecule has 1 heterocycles. The van der Waals surface area contributed by atoms with E-state index in [1.165, 1.54) is 12.1 Å². The van der Waals surface area contributed by atoms with Crippen LogP contribution in [0.2, 0.25) is 0 Å². The maximum atomic E-state index is 12.6. The zero-order valence-electron chi connectivity index (χ0n) is 11.3. The van der Waals surface area contributed by atoms with E-state index in [9.17, 15) is 18.3 Å². The normalized spacial score (nSPS) is 13.4. The van der Waals surface area contributed by atoms with Gasteiger partial charge in [-0.25, -0.2) is 4.98 Å². The smallest absolute Gasteiger partial charge is 0.387 e. The minimum absolute atomic E-state index is 0.111. The summed E-state index contributed by atoms with van der Waals surface area (Å²) in [5.74, 6) is 0.550. The molecule has 8 heteroatoms. The number of hydrogen-bond acceptors (Lipinski definition) is 4. The number of aromatic nitrogens is 3. The Hall–Kier alpha value is -1.93.